The summed E-state index contributed by atoms with van der Waals surface area (Å²) < 4.78 is 0. The Morgan fingerprint density at radius 1 is 1.03 bits per heavy atom. The maximum atomic E-state index is 13.7. The summed E-state index contributed by atoms with van der Waals surface area (Å²) in [4.78, 5) is 42.5. The molecule has 1 fully saturated rings. The van der Waals surface area contributed by atoms with Gasteiger partial charge in [-0.3, -0.25) is 14.4 Å². The lowest BCUT2D eigenvalue weighted by Gasteiger charge is -2.29. The molecule has 1 heterocycles. The van der Waals surface area contributed by atoms with Crippen LogP contribution < -0.4 is 10.2 Å². The monoisotopic (exact) mass is 534 g/mol. The van der Waals surface area contributed by atoms with Crippen molar-refractivity contribution in [2.75, 3.05) is 23.3 Å². The van der Waals surface area contributed by atoms with Crippen LogP contribution in [0.25, 0.3) is 5.57 Å². The summed E-state index contributed by atoms with van der Waals surface area (Å²) in [5, 5.41) is 20.4. The molecule has 1 aliphatic heterocycles. The summed E-state index contributed by atoms with van der Waals surface area (Å²) in [6, 6.07) is 5.55. The predicted molar refractivity (Wildman–Crippen MR) is 156 cm³/mol. The molecule has 1 aromatic carbocycles. The number of hydrogen-bond donors (Lipinski definition) is 2. The van der Waals surface area contributed by atoms with Crippen molar-refractivity contribution < 1.29 is 19.5 Å². The molecule has 39 heavy (non-hydrogen) atoms. The van der Waals surface area contributed by atoms with E-state index in [9.17, 15) is 19.5 Å². The quantitative estimate of drug-likeness (QED) is 0.446. The maximum absolute atomic E-state index is 13.7. The lowest BCUT2D eigenvalue weighted by molar-refractivity contribution is -0.130. The zero-order valence-corrected chi connectivity index (χ0v) is 24.6. The van der Waals surface area contributed by atoms with Crippen LogP contribution in [0.3, 0.4) is 0 Å². The standard InChI is InChI=1S/C31H42N4O4/c1-9-34(10-2)19-15-16-20(21(17-19)32-28(38)18-13-11-12-14-18)22-25(36)23(26(22)37)24-27(30(3,4)5)33-35(29(24)39)31(6,7)8/h15-18,36H,9-14H2,1-8H3,(H,32,38). The van der Waals surface area contributed by atoms with E-state index in [1.807, 2.05) is 53.7 Å². The number of nitrogens with one attached hydrogen (secondary N) is 1. The minimum Gasteiger partial charge on any atom is -0.506 e. The SMILES string of the molecule is CCN(CC)c1ccc(C2=C(O)C(=C3C(=O)N(C(C)(C)C)N=C3C(C)(C)C)C2=O)c(NC(=O)C2CCCC2)c1. The number of Topliss-reactive ketones (excluding diaryl/α,β-unsaturated/α-hetero) is 1. The van der Waals surface area contributed by atoms with E-state index in [1.165, 1.54) is 5.01 Å². The Kier molecular flexibility index (Phi) is 7.54. The Labute approximate surface area is 231 Å². The molecule has 4 rings (SSSR count). The Bertz CT molecular complexity index is 1300. The number of ketones is 1. The first kappa shape index (κ1) is 28.6. The van der Waals surface area contributed by atoms with Gasteiger partial charge in [-0.15, -0.1) is 0 Å². The molecule has 2 amide bonds. The smallest absolute Gasteiger partial charge is 0.277 e. The molecule has 0 unspecified atom stereocenters. The highest BCUT2D eigenvalue weighted by atomic mass is 16.3. The topological polar surface area (TPSA) is 102 Å². The number of anilines is 2. The minimum atomic E-state index is -0.594. The van der Waals surface area contributed by atoms with Crippen molar-refractivity contribution in [3.8, 4) is 0 Å². The van der Waals surface area contributed by atoms with Crippen molar-refractivity contribution in [1.82, 2.24) is 5.01 Å². The van der Waals surface area contributed by atoms with E-state index in [-0.39, 0.29) is 34.3 Å². The normalized spacial score (nSPS) is 20.5. The number of rotatable bonds is 6. The minimum absolute atomic E-state index is 0.00341. The van der Waals surface area contributed by atoms with Crippen LogP contribution in [-0.4, -0.2) is 52.1 Å². The molecule has 2 aliphatic carbocycles. The molecule has 3 aliphatic rings. The number of hydrogen-bond acceptors (Lipinski definition) is 6. The molecule has 0 radical (unpaired) electrons. The number of carbonyl (C=O) groups is 3. The van der Waals surface area contributed by atoms with Crippen molar-refractivity contribution in [2.24, 2.45) is 16.4 Å². The van der Waals surface area contributed by atoms with Crippen molar-refractivity contribution in [1.29, 1.82) is 0 Å². The molecule has 210 valence electrons. The third-order valence-electron chi connectivity index (χ3n) is 7.75. The fourth-order valence-electron chi connectivity index (χ4n) is 5.55. The highest BCUT2D eigenvalue weighted by Crippen LogP contribution is 2.45. The first-order valence-electron chi connectivity index (χ1n) is 14.1. The van der Waals surface area contributed by atoms with Crippen molar-refractivity contribution in [3.05, 3.63) is 40.7 Å². The summed E-state index contributed by atoms with van der Waals surface area (Å²) in [6.07, 6.45) is 3.76. The second kappa shape index (κ2) is 10.3. The average molecular weight is 535 g/mol. The fourth-order valence-corrected chi connectivity index (χ4v) is 5.55. The van der Waals surface area contributed by atoms with Gasteiger partial charge in [0.05, 0.1) is 33.7 Å². The van der Waals surface area contributed by atoms with Crippen molar-refractivity contribution >= 4 is 40.3 Å². The van der Waals surface area contributed by atoms with Crippen LogP contribution in [0.2, 0.25) is 0 Å². The van der Waals surface area contributed by atoms with Gasteiger partial charge < -0.3 is 15.3 Å². The first-order valence-corrected chi connectivity index (χ1v) is 14.1. The van der Waals surface area contributed by atoms with Crippen LogP contribution >= 0.6 is 0 Å². The third kappa shape index (κ3) is 5.13. The fraction of sp³-hybridized carbons (Fsp3) is 0.548. The van der Waals surface area contributed by atoms with Gasteiger partial charge in [0.25, 0.3) is 5.91 Å². The van der Waals surface area contributed by atoms with E-state index >= 15 is 0 Å². The third-order valence-corrected chi connectivity index (χ3v) is 7.75. The van der Waals surface area contributed by atoms with Crippen LogP contribution in [0, 0.1) is 11.3 Å². The molecule has 0 spiro atoms. The highest BCUT2D eigenvalue weighted by Gasteiger charge is 2.48. The molecule has 0 saturated heterocycles. The summed E-state index contributed by atoms with van der Waals surface area (Å²) in [7, 11) is 0. The number of amides is 2. The first-order chi connectivity index (χ1) is 18.2. The Morgan fingerprint density at radius 2 is 1.64 bits per heavy atom. The van der Waals surface area contributed by atoms with Gasteiger partial charge in [-0.1, -0.05) is 33.6 Å². The summed E-state index contributed by atoms with van der Waals surface area (Å²) >= 11 is 0. The molecule has 1 aromatic rings. The number of aliphatic hydroxyl groups is 1. The molecule has 2 N–H and O–H groups in total. The van der Waals surface area contributed by atoms with E-state index < -0.39 is 22.6 Å². The van der Waals surface area contributed by atoms with E-state index in [1.54, 1.807) is 6.07 Å². The number of benzene rings is 1. The van der Waals surface area contributed by atoms with E-state index in [2.05, 4.69) is 29.2 Å². The second-order valence-corrected chi connectivity index (χ2v) is 12.7. The van der Waals surface area contributed by atoms with E-state index in [4.69, 9.17) is 0 Å². The number of carbonyl (C=O) groups excluding carboxylic acids is 3. The van der Waals surface area contributed by atoms with Gasteiger partial charge in [0.1, 0.15) is 5.76 Å². The summed E-state index contributed by atoms with van der Waals surface area (Å²) in [5.41, 5.74) is 1.48. The van der Waals surface area contributed by atoms with Crippen LogP contribution in [-0.2, 0) is 14.4 Å². The average Bonchev–Trinajstić information content (AvgIpc) is 3.50. The molecule has 8 nitrogen and oxygen atoms in total. The van der Waals surface area contributed by atoms with Gasteiger partial charge in [0.2, 0.25) is 11.7 Å². The Balaban J connectivity index is 1.83. The molecule has 0 aromatic heterocycles. The zero-order chi connectivity index (χ0) is 28.9. The van der Waals surface area contributed by atoms with Crippen LogP contribution in [0.1, 0.15) is 86.6 Å². The van der Waals surface area contributed by atoms with Gasteiger partial charge in [-0.05, 0) is 65.7 Å². The largest absolute Gasteiger partial charge is 0.506 e. The molecular formula is C31H42N4O4. The Morgan fingerprint density at radius 3 is 2.15 bits per heavy atom. The van der Waals surface area contributed by atoms with Crippen molar-refractivity contribution in [2.45, 2.75) is 86.6 Å². The summed E-state index contributed by atoms with van der Waals surface area (Å²) in [5.74, 6) is -1.17. The highest BCUT2D eigenvalue weighted by molar-refractivity contribution is 6.45. The zero-order valence-electron chi connectivity index (χ0n) is 24.6. The van der Waals surface area contributed by atoms with E-state index in [0.717, 1.165) is 44.5 Å². The molecule has 0 atom stereocenters. The number of nitrogens with zero attached hydrogens (tertiary/aromatic N) is 3. The van der Waals surface area contributed by atoms with Crippen LogP contribution in [0.15, 0.2) is 40.2 Å². The molecule has 8 heteroatoms. The summed E-state index contributed by atoms with van der Waals surface area (Å²) in [6.45, 7) is 17.1. The second-order valence-electron chi connectivity index (χ2n) is 12.7. The predicted octanol–water partition coefficient (Wildman–Crippen LogP) is 5.85. The lowest BCUT2D eigenvalue weighted by Crippen LogP contribution is -2.40. The van der Waals surface area contributed by atoms with E-state index in [0.29, 0.717) is 17.0 Å². The molecular weight excluding hydrogens is 492 g/mol. The van der Waals surface area contributed by atoms with Gasteiger partial charge in [0, 0.05) is 35.7 Å². The van der Waals surface area contributed by atoms with Crippen LogP contribution in [0.5, 0.6) is 0 Å². The Hall–Kier alpha value is -3.42. The van der Waals surface area contributed by atoms with Gasteiger partial charge in [-0.2, -0.15) is 5.10 Å². The van der Waals surface area contributed by atoms with Crippen LogP contribution in [0.4, 0.5) is 11.4 Å². The van der Waals surface area contributed by atoms with Gasteiger partial charge in [0.15, 0.2) is 0 Å². The number of hydrazone groups is 1. The lowest BCUT2D eigenvalue weighted by atomic mass is 9.75. The number of allylic oxidation sites excluding steroid dienone is 2. The van der Waals surface area contributed by atoms with Gasteiger partial charge in [-0.25, -0.2) is 5.01 Å². The van der Waals surface area contributed by atoms with Crippen molar-refractivity contribution in [3.63, 3.8) is 0 Å². The number of aliphatic hydroxyl groups excluding tert-OH is 1. The van der Waals surface area contributed by atoms with Gasteiger partial charge >= 0.3 is 0 Å². The molecule has 1 saturated carbocycles. The molecule has 0 bridgehead atoms. The maximum Gasteiger partial charge on any atom is 0.277 e.